The second-order valence-electron chi connectivity index (χ2n) is 3.82. The molecule has 0 aromatic carbocycles. The van der Waals surface area contributed by atoms with Crippen molar-refractivity contribution in [2.24, 2.45) is 0 Å². The molecule has 0 N–H and O–H groups in total. The van der Waals surface area contributed by atoms with Crippen molar-refractivity contribution < 1.29 is 22.7 Å². The van der Waals surface area contributed by atoms with Crippen LogP contribution in [0.2, 0.25) is 0 Å². The molecule has 0 aromatic rings. The molecular formula is C11H15F3O2. The third kappa shape index (κ3) is 5.30. The van der Waals surface area contributed by atoms with Gasteiger partial charge >= 0.3 is 6.18 Å². The van der Waals surface area contributed by atoms with Gasteiger partial charge in [-0.2, -0.15) is 13.2 Å². The molecule has 5 heteroatoms. The number of hydrogen-bond donors (Lipinski definition) is 0. The predicted molar refractivity (Wildman–Crippen MR) is 53.0 cm³/mol. The van der Waals surface area contributed by atoms with Crippen molar-refractivity contribution in [2.45, 2.75) is 38.3 Å². The van der Waals surface area contributed by atoms with Crippen molar-refractivity contribution in [3.8, 4) is 0 Å². The Morgan fingerprint density at radius 3 is 2.69 bits per heavy atom. The first-order valence-electron chi connectivity index (χ1n) is 5.36. The van der Waals surface area contributed by atoms with Gasteiger partial charge in [-0.15, -0.1) is 0 Å². The molecule has 2 nitrogen and oxygen atoms in total. The average molecular weight is 236 g/mol. The zero-order chi connectivity index (χ0) is 12.0. The van der Waals surface area contributed by atoms with Gasteiger partial charge in [0.05, 0.1) is 6.61 Å². The highest BCUT2D eigenvalue weighted by atomic mass is 19.4. The van der Waals surface area contributed by atoms with Gasteiger partial charge < -0.3 is 4.74 Å². The Balaban J connectivity index is 2.18. The molecule has 16 heavy (non-hydrogen) atoms. The van der Waals surface area contributed by atoms with Gasteiger partial charge in [0.1, 0.15) is 6.61 Å². The first-order chi connectivity index (χ1) is 7.49. The standard InChI is InChI=1S/C11H15F3O2/c12-11(13,14)8-16-7-6-10(15)9-4-2-1-3-5-9/h4H,1-3,5-8H2. The summed E-state index contributed by atoms with van der Waals surface area (Å²) >= 11 is 0. The predicted octanol–water partition coefficient (Wildman–Crippen LogP) is 3.02. The number of hydrogen-bond acceptors (Lipinski definition) is 2. The first-order valence-corrected chi connectivity index (χ1v) is 5.36. The third-order valence-electron chi connectivity index (χ3n) is 2.39. The maximum Gasteiger partial charge on any atom is 0.411 e. The van der Waals surface area contributed by atoms with E-state index in [0.29, 0.717) is 0 Å². The lowest BCUT2D eigenvalue weighted by Crippen LogP contribution is -2.18. The molecule has 0 spiro atoms. The number of rotatable bonds is 5. The molecule has 0 fully saturated rings. The molecular weight excluding hydrogens is 221 g/mol. The van der Waals surface area contributed by atoms with Crippen LogP contribution in [0.1, 0.15) is 32.1 Å². The smallest absolute Gasteiger partial charge is 0.372 e. The van der Waals surface area contributed by atoms with Gasteiger partial charge in [0, 0.05) is 6.42 Å². The van der Waals surface area contributed by atoms with Crippen LogP contribution in [0.5, 0.6) is 0 Å². The lowest BCUT2D eigenvalue weighted by atomic mass is 9.95. The van der Waals surface area contributed by atoms with E-state index in [1.54, 1.807) is 0 Å². The Morgan fingerprint density at radius 2 is 2.12 bits per heavy atom. The Bertz CT molecular complexity index is 269. The van der Waals surface area contributed by atoms with E-state index in [2.05, 4.69) is 4.74 Å². The molecule has 0 radical (unpaired) electrons. The van der Waals surface area contributed by atoms with Crippen LogP contribution >= 0.6 is 0 Å². The van der Waals surface area contributed by atoms with E-state index in [4.69, 9.17) is 0 Å². The summed E-state index contributed by atoms with van der Waals surface area (Å²) in [5.74, 6) is -0.0816. The maximum absolute atomic E-state index is 11.7. The number of carbonyl (C=O) groups excluding carboxylic acids is 1. The van der Waals surface area contributed by atoms with E-state index < -0.39 is 12.8 Å². The minimum absolute atomic E-state index is 0.0436. The summed E-state index contributed by atoms with van der Waals surface area (Å²) in [6.07, 6.45) is 1.33. The Labute approximate surface area is 92.5 Å². The molecule has 1 aliphatic rings. The molecule has 1 rings (SSSR count). The lowest BCUT2D eigenvalue weighted by Gasteiger charge is -2.12. The summed E-state index contributed by atoms with van der Waals surface area (Å²) < 4.78 is 39.5. The fourth-order valence-corrected chi connectivity index (χ4v) is 1.60. The minimum Gasteiger partial charge on any atom is -0.372 e. The van der Waals surface area contributed by atoms with Gasteiger partial charge in [-0.3, -0.25) is 4.79 Å². The highest BCUT2D eigenvalue weighted by molar-refractivity contribution is 5.95. The zero-order valence-electron chi connectivity index (χ0n) is 8.98. The molecule has 0 saturated carbocycles. The number of ketones is 1. The van der Waals surface area contributed by atoms with E-state index in [9.17, 15) is 18.0 Å². The summed E-state index contributed by atoms with van der Waals surface area (Å²) in [5.41, 5.74) is 0.752. The molecule has 0 unspecified atom stereocenters. The summed E-state index contributed by atoms with van der Waals surface area (Å²) in [5, 5.41) is 0. The van der Waals surface area contributed by atoms with Crippen LogP contribution < -0.4 is 0 Å². The Kier molecular flexibility index (Phi) is 4.99. The fraction of sp³-hybridized carbons (Fsp3) is 0.727. The molecule has 0 bridgehead atoms. The second kappa shape index (κ2) is 6.03. The third-order valence-corrected chi connectivity index (χ3v) is 2.39. The van der Waals surface area contributed by atoms with Gasteiger partial charge in [-0.05, 0) is 31.3 Å². The van der Waals surface area contributed by atoms with E-state index in [1.807, 2.05) is 6.08 Å². The number of Topliss-reactive ketones (excluding diaryl/α,β-unsaturated/α-hetero) is 1. The van der Waals surface area contributed by atoms with Gasteiger partial charge in [0.2, 0.25) is 0 Å². The van der Waals surface area contributed by atoms with E-state index >= 15 is 0 Å². The van der Waals surface area contributed by atoms with Crippen molar-refractivity contribution in [2.75, 3.05) is 13.2 Å². The van der Waals surface area contributed by atoms with Gasteiger partial charge in [0.25, 0.3) is 0 Å². The molecule has 0 atom stereocenters. The maximum atomic E-state index is 11.7. The number of carbonyl (C=O) groups is 1. The monoisotopic (exact) mass is 236 g/mol. The summed E-state index contributed by atoms with van der Waals surface area (Å²) in [4.78, 5) is 11.5. The van der Waals surface area contributed by atoms with Crippen LogP contribution in [0, 0.1) is 0 Å². The zero-order valence-corrected chi connectivity index (χ0v) is 8.98. The highest BCUT2D eigenvalue weighted by Crippen LogP contribution is 2.19. The van der Waals surface area contributed by atoms with E-state index in [0.717, 1.165) is 31.3 Å². The van der Waals surface area contributed by atoms with Crippen LogP contribution in [-0.4, -0.2) is 25.2 Å². The van der Waals surface area contributed by atoms with Crippen LogP contribution in [0.4, 0.5) is 13.2 Å². The quantitative estimate of drug-likeness (QED) is 0.686. The molecule has 0 heterocycles. The van der Waals surface area contributed by atoms with E-state index in [1.165, 1.54) is 0 Å². The lowest BCUT2D eigenvalue weighted by molar-refractivity contribution is -0.174. The highest BCUT2D eigenvalue weighted by Gasteiger charge is 2.27. The second-order valence-corrected chi connectivity index (χ2v) is 3.82. The molecule has 1 aliphatic carbocycles. The average Bonchev–Trinajstić information content (AvgIpc) is 2.24. The van der Waals surface area contributed by atoms with Crippen molar-refractivity contribution in [1.82, 2.24) is 0 Å². The van der Waals surface area contributed by atoms with Crippen LogP contribution in [0.25, 0.3) is 0 Å². The Hall–Kier alpha value is -0.840. The van der Waals surface area contributed by atoms with Crippen LogP contribution in [-0.2, 0) is 9.53 Å². The van der Waals surface area contributed by atoms with Crippen molar-refractivity contribution >= 4 is 5.78 Å². The van der Waals surface area contributed by atoms with Crippen LogP contribution in [0.15, 0.2) is 11.6 Å². The normalized spacial score (nSPS) is 17.1. The van der Waals surface area contributed by atoms with Crippen molar-refractivity contribution in [3.05, 3.63) is 11.6 Å². The SMILES string of the molecule is O=C(CCOCC(F)(F)F)C1=CCCCC1. The fourth-order valence-electron chi connectivity index (χ4n) is 1.60. The molecule has 0 aliphatic heterocycles. The van der Waals surface area contributed by atoms with Gasteiger partial charge in [0.15, 0.2) is 5.78 Å². The van der Waals surface area contributed by atoms with Crippen molar-refractivity contribution in [3.63, 3.8) is 0 Å². The summed E-state index contributed by atoms with van der Waals surface area (Å²) in [7, 11) is 0. The molecule has 0 amide bonds. The van der Waals surface area contributed by atoms with Gasteiger partial charge in [-0.1, -0.05) is 6.08 Å². The molecule has 0 saturated heterocycles. The number of alkyl halides is 3. The summed E-state index contributed by atoms with van der Waals surface area (Å²) in [6, 6.07) is 0. The van der Waals surface area contributed by atoms with Crippen LogP contribution in [0.3, 0.4) is 0 Å². The minimum atomic E-state index is -4.31. The number of allylic oxidation sites excluding steroid dienone is 2. The largest absolute Gasteiger partial charge is 0.411 e. The summed E-state index contributed by atoms with van der Waals surface area (Å²) in [6.45, 7) is -1.44. The number of ether oxygens (including phenoxy) is 1. The molecule has 0 aromatic heterocycles. The first kappa shape index (κ1) is 13.2. The number of halogens is 3. The van der Waals surface area contributed by atoms with Crippen molar-refractivity contribution in [1.29, 1.82) is 0 Å². The topological polar surface area (TPSA) is 26.3 Å². The van der Waals surface area contributed by atoms with Gasteiger partial charge in [-0.25, -0.2) is 0 Å². The Morgan fingerprint density at radius 1 is 1.38 bits per heavy atom. The van der Waals surface area contributed by atoms with E-state index in [-0.39, 0.29) is 18.8 Å². The molecule has 92 valence electrons.